The molecule has 3 rings (SSSR count). The molecule has 0 bridgehead atoms. The molecule has 1 fully saturated rings. The highest BCUT2D eigenvalue weighted by molar-refractivity contribution is 5.58. The molecule has 1 aromatic heterocycles. The first kappa shape index (κ1) is 14.2. The molecule has 0 saturated carbocycles. The predicted octanol–water partition coefficient (Wildman–Crippen LogP) is 3.93. The van der Waals surface area contributed by atoms with Gasteiger partial charge < -0.3 is 15.1 Å². The molecule has 1 atom stereocenters. The van der Waals surface area contributed by atoms with Gasteiger partial charge in [0.05, 0.1) is 6.04 Å². The third-order valence-electron chi connectivity index (χ3n) is 4.28. The van der Waals surface area contributed by atoms with E-state index >= 15 is 0 Å². The van der Waals surface area contributed by atoms with E-state index < -0.39 is 0 Å². The summed E-state index contributed by atoms with van der Waals surface area (Å²) in [6.07, 6.45) is 3.87. The topological polar surface area (TPSA) is 42.4 Å². The third-order valence-corrected chi connectivity index (χ3v) is 4.28. The maximum Gasteiger partial charge on any atom is 0.125 e. The lowest BCUT2D eigenvalue weighted by atomic mass is 9.98. The molecular formula is C18H24N2O. The summed E-state index contributed by atoms with van der Waals surface area (Å²) >= 11 is 0. The normalized spacial score (nSPS) is 17.0. The van der Waals surface area contributed by atoms with Gasteiger partial charge in [0.1, 0.15) is 11.5 Å². The predicted molar refractivity (Wildman–Crippen MR) is 86.7 cm³/mol. The average molecular weight is 284 g/mol. The Labute approximate surface area is 126 Å². The zero-order valence-corrected chi connectivity index (χ0v) is 12.9. The van der Waals surface area contributed by atoms with Gasteiger partial charge in [-0.15, -0.1) is 0 Å². The van der Waals surface area contributed by atoms with E-state index in [1.54, 1.807) is 0 Å². The monoisotopic (exact) mass is 284 g/mol. The SMILES string of the molecule is Cc1ccc(N2CCCCC2)c(C(N)c2ccc(C)o2)c1. The van der Waals surface area contributed by atoms with Crippen LogP contribution in [0.1, 0.15) is 48.0 Å². The lowest BCUT2D eigenvalue weighted by Crippen LogP contribution is -2.31. The number of hydrogen-bond donors (Lipinski definition) is 1. The van der Waals surface area contributed by atoms with Crippen LogP contribution >= 0.6 is 0 Å². The highest BCUT2D eigenvalue weighted by Crippen LogP contribution is 2.32. The second-order valence-corrected chi connectivity index (χ2v) is 6.04. The quantitative estimate of drug-likeness (QED) is 0.928. The van der Waals surface area contributed by atoms with Crippen molar-refractivity contribution in [1.29, 1.82) is 0 Å². The van der Waals surface area contributed by atoms with Crippen LogP contribution in [0.2, 0.25) is 0 Å². The van der Waals surface area contributed by atoms with Crippen molar-refractivity contribution in [2.24, 2.45) is 5.73 Å². The Bertz CT molecular complexity index is 611. The molecule has 1 aromatic carbocycles. The van der Waals surface area contributed by atoms with Gasteiger partial charge in [-0.25, -0.2) is 0 Å². The summed E-state index contributed by atoms with van der Waals surface area (Å²) < 4.78 is 5.74. The molecule has 3 nitrogen and oxygen atoms in total. The van der Waals surface area contributed by atoms with E-state index in [-0.39, 0.29) is 6.04 Å². The Hall–Kier alpha value is -1.74. The minimum atomic E-state index is -0.199. The molecule has 1 aliphatic heterocycles. The second-order valence-electron chi connectivity index (χ2n) is 6.04. The number of hydrogen-bond acceptors (Lipinski definition) is 3. The number of nitrogens with two attached hydrogens (primary N) is 1. The van der Waals surface area contributed by atoms with Crippen molar-refractivity contribution in [3.8, 4) is 0 Å². The Balaban J connectivity index is 1.97. The summed E-state index contributed by atoms with van der Waals surface area (Å²) in [4.78, 5) is 2.47. The van der Waals surface area contributed by atoms with Gasteiger partial charge in [-0.3, -0.25) is 0 Å². The maximum absolute atomic E-state index is 6.49. The smallest absolute Gasteiger partial charge is 0.125 e. The zero-order valence-electron chi connectivity index (χ0n) is 12.9. The third kappa shape index (κ3) is 2.98. The first-order valence-electron chi connectivity index (χ1n) is 7.82. The van der Waals surface area contributed by atoms with Gasteiger partial charge in [0.25, 0.3) is 0 Å². The largest absolute Gasteiger partial charge is 0.464 e. The number of anilines is 1. The standard InChI is InChI=1S/C18H24N2O/c1-13-6-8-16(20-10-4-3-5-11-20)15(12-13)18(19)17-9-7-14(2)21-17/h6-9,12,18H,3-5,10-11,19H2,1-2H3. The number of rotatable bonds is 3. The minimum Gasteiger partial charge on any atom is -0.464 e. The van der Waals surface area contributed by atoms with Gasteiger partial charge in [0, 0.05) is 24.3 Å². The van der Waals surface area contributed by atoms with Crippen LogP contribution in [0.25, 0.3) is 0 Å². The summed E-state index contributed by atoms with van der Waals surface area (Å²) in [7, 11) is 0. The van der Waals surface area contributed by atoms with Crippen LogP contribution in [-0.4, -0.2) is 13.1 Å². The minimum absolute atomic E-state index is 0.199. The second kappa shape index (κ2) is 5.94. The van der Waals surface area contributed by atoms with E-state index in [1.165, 1.54) is 36.1 Å². The molecule has 2 heterocycles. The fraction of sp³-hybridized carbons (Fsp3) is 0.444. The van der Waals surface area contributed by atoms with Gasteiger partial charge in [-0.1, -0.05) is 17.7 Å². The van der Waals surface area contributed by atoms with Gasteiger partial charge >= 0.3 is 0 Å². The Morgan fingerprint density at radius 1 is 1.05 bits per heavy atom. The number of furan rings is 1. The van der Waals surface area contributed by atoms with Crippen molar-refractivity contribution >= 4 is 5.69 Å². The van der Waals surface area contributed by atoms with Crippen molar-refractivity contribution in [3.05, 3.63) is 53.0 Å². The van der Waals surface area contributed by atoms with E-state index in [1.807, 2.05) is 19.1 Å². The van der Waals surface area contributed by atoms with Crippen LogP contribution in [0.4, 0.5) is 5.69 Å². The molecule has 1 unspecified atom stereocenters. The zero-order chi connectivity index (χ0) is 14.8. The van der Waals surface area contributed by atoms with Crippen LogP contribution in [0.3, 0.4) is 0 Å². The van der Waals surface area contributed by atoms with Crippen molar-refractivity contribution in [2.45, 2.75) is 39.2 Å². The summed E-state index contributed by atoms with van der Waals surface area (Å²) in [5.41, 5.74) is 10.2. The number of aryl methyl sites for hydroxylation is 2. The van der Waals surface area contributed by atoms with E-state index in [4.69, 9.17) is 10.2 Å². The summed E-state index contributed by atoms with van der Waals surface area (Å²) in [6.45, 7) is 6.32. The highest BCUT2D eigenvalue weighted by Gasteiger charge is 2.21. The molecule has 2 aromatic rings. The molecule has 21 heavy (non-hydrogen) atoms. The Morgan fingerprint density at radius 3 is 2.48 bits per heavy atom. The van der Waals surface area contributed by atoms with Crippen molar-refractivity contribution in [2.75, 3.05) is 18.0 Å². The van der Waals surface area contributed by atoms with Crippen LogP contribution < -0.4 is 10.6 Å². The number of benzene rings is 1. The highest BCUT2D eigenvalue weighted by atomic mass is 16.3. The van der Waals surface area contributed by atoms with Crippen LogP contribution in [0.15, 0.2) is 34.7 Å². The molecule has 112 valence electrons. The summed E-state index contributed by atoms with van der Waals surface area (Å²) in [5, 5.41) is 0. The lowest BCUT2D eigenvalue weighted by molar-refractivity contribution is 0.465. The summed E-state index contributed by atoms with van der Waals surface area (Å²) in [6, 6.07) is 10.4. The lowest BCUT2D eigenvalue weighted by Gasteiger charge is -2.32. The first-order chi connectivity index (χ1) is 10.1. The van der Waals surface area contributed by atoms with Crippen LogP contribution in [0, 0.1) is 13.8 Å². The Kier molecular flexibility index (Phi) is 4.02. The molecule has 0 spiro atoms. The van der Waals surface area contributed by atoms with Gasteiger partial charge in [-0.05, 0) is 51.3 Å². The summed E-state index contributed by atoms with van der Waals surface area (Å²) in [5.74, 6) is 1.75. The molecule has 1 saturated heterocycles. The van der Waals surface area contributed by atoms with Gasteiger partial charge in [0.2, 0.25) is 0 Å². The molecule has 0 radical (unpaired) electrons. The molecule has 0 amide bonds. The number of nitrogens with zero attached hydrogens (tertiary/aromatic N) is 1. The van der Waals surface area contributed by atoms with Crippen molar-refractivity contribution in [3.63, 3.8) is 0 Å². The Morgan fingerprint density at radius 2 is 1.81 bits per heavy atom. The van der Waals surface area contributed by atoms with Crippen molar-refractivity contribution in [1.82, 2.24) is 0 Å². The van der Waals surface area contributed by atoms with E-state index in [9.17, 15) is 0 Å². The molecule has 3 heteroatoms. The molecule has 1 aliphatic rings. The fourth-order valence-electron chi connectivity index (χ4n) is 3.12. The van der Waals surface area contributed by atoms with E-state index in [2.05, 4.69) is 30.0 Å². The molecule has 2 N–H and O–H groups in total. The average Bonchev–Trinajstić information content (AvgIpc) is 2.94. The first-order valence-corrected chi connectivity index (χ1v) is 7.82. The fourth-order valence-corrected chi connectivity index (χ4v) is 3.12. The molecule has 0 aliphatic carbocycles. The molecular weight excluding hydrogens is 260 g/mol. The van der Waals surface area contributed by atoms with E-state index in [0.717, 1.165) is 24.6 Å². The van der Waals surface area contributed by atoms with E-state index in [0.29, 0.717) is 0 Å². The van der Waals surface area contributed by atoms with Crippen molar-refractivity contribution < 1.29 is 4.42 Å². The van der Waals surface area contributed by atoms with Gasteiger partial charge in [0.15, 0.2) is 0 Å². The van der Waals surface area contributed by atoms with Crippen LogP contribution in [-0.2, 0) is 0 Å². The maximum atomic E-state index is 6.49. The number of piperidine rings is 1. The van der Waals surface area contributed by atoms with Crippen LogP contribution in [0.5, 0.6) is 0 Å². The van der Waals surface area contributed by atoms with Gasteiger partial charge in [-0.2, -0.15) is 0 Å².